The van der Waals surface area contributed by atoms with Crippen LogP contribution in [-0.2, 0) is 21.4 Å². The van der Waals surface area contributed by atoms with Gasteiger partial charge in [-0.2, -0.15) is 4.31 Å². The summed E-state index contributed by atoms with van der Waals surface area (Å²) in [6.45, 7) is -1.08. The maximum atomic E-state index is 13.7. The number of rotatable bonds is 6. The lowest BCUT2D eigenvalue weighted by Gasteiger charge is -2.21. The molecule has 0 heterocycles. The molecule has 5 nitrogen and oxygen atoms in total. The van der Waals surface area contributed by atoms with Crippen LogP contribution in [0.1, 0.15) is 18.4 Å². The quantitative estimate of drug-likeness (QED) is 0.867. The van der Waals surface area contributed by atoms with Crippen LogP contribution in [0.2, 0.25) is 5.02 Å². The summed E-state index contributed by atoms with van der Waals surface area (Å²) in [5, 5.41) is 8.35. The summed E-state index contributed by atoms with van der Waals surface area (Å²) in [5.74, 6) is -1.94. The van der Waals surface area contributed by atoms with E-state index in [-0.39, 0.29) is 17.1 Å². The second-order valence-electron chi connectivity index (χ2n) is 4.61. The summed E-state index contributed by atoms with van der Waals surface area (Å²) in [7, 11) is -3.73. The van der Waals surface area contributed by atoms with Gasteiger partial charge in [0.1, 0.15) is 12.4 Å². The smallest absolute Gasteiger partial charge is 0.318 e. The van der Waals surface area contributed by atoms with E-state index in [4.69, 9.17) is 16.7 Å². The topological polar surface area (TPSA) is 74.7 Å². The van der Waals surface area contributed by atoms with Crippen LogP contribution < -0.4 is 0 Å². The number of nitrogens with zero attached hydrogens (tertiary/aromatic N) is 1. The fourth-order valence-electron chi connectivity index (χ4n) is 1.82. The van der Waals surface area contributed by atoms with Gasteiger partial charge >= 0.3 is 5.97 Å². The van der Waals surface area contributed by atoms with Gasteiger partial charge in [0.15, 0.2) is 0 Å². The highest BCUT2D eigenvalue weighted by Gasteiger charge is 2.41. The molecule has 0 unspecified atom stereocenters. The van der Waals surface area contributed by atoms with Crippen LogP contribution in [0.5, 0.6) is 0 Å². The monoisotopic (exact) mass is 321 g/mol. The van der Waals surface area contributed by atoms with Gasteiger partial charge in [-0.15, -0.1) is 0 Å². The van der Waals surface area contributed by atoms with E-state index in [0.29, 0.717) is 12.8 Å². The Morgan fingerprint density at radius 2 is 2.10 bits per heavy atom. The zero-order chi connectivity index (χ0) is 14.9. The van der Waals surface area contributed by atoms with Crippen molar-refractivity contribution in [3.8, 4) is 0 Å². The number of halogens is 2. The van der Waals surface area contributed by atoms with E-state index in [2.05, 4.69) is 0 Å². The van der Waals surface area contributed by atoms with Crippen molar-refractivity contribution in [1.29, 1.82) is 0 Å². The first kappa shape index (κ1) is 15.2. The van der Waals surface area contributed by atoms with Gasteiger partial charge < -0.3 is 5.11 Å². The molecule has 0 spiro atoms. The standard InChI is InChI=1S/C12H13ClFNO4S/c13-10-2-1-3-11(14)9(10)6-15(7-12(16)17)20(18,19)8-4-5-8/h1-3,8H,4-7H2,(H,16,17). The molecule has 2 rings (SSSR count). The molecule has 1 aliphatic carbocycles. The van der Waals surface area contributed by atoms with E-state index >= 15 is 0 Å². The van der Waals surface area contributed by atoms with Gasteiger partial charge in [-0.05, 0) is 25.0 Å². The van der Waals surface area contributed by atoms with E-state index in [1.807, 2.05) is 0 Å². The number of hydrogen-bond acceptors (Lipinski definition) is 3. The van der Waals surface area contributed by atoms with Gasteiger partial charge in [0, 0.05) is 17.1 Å². The third-order valence-electron chi connectivity index (χ3n) is 3.01. The lowest BCUT2D eigenvalue weighted by atomic mass is 10.2. The molecular formula is C12H13ClFNO4S. The summed E-state index contributed by atoms with van der Waals surface area (Å²) in [5.41, 5.74) is -0.0142. The van der Waals surface area contributed by atoms with Crippen LogP contribution in [-0.4, -0.2) is 35.6 Å². The van der Waals surface area contributed by atoms with Gasteiger partial charge in [0.05, 0.1) is 5.25 Å². The summed E-state index contributed by atoms with van der Waals surface area (Å²) in [6.07, 6.45) is 1.01. The lowest BCUT2D eigenvalue weighted by molar-refractivity contribution is -0.137. The Kier molecular flexibility index (Phi) is 4.31. The highest BCUT2D eigenvalue weighted by atomic mass is 35.5. The third-order valence-corrected chi connectivity index (χ3v) is 5.66. The van der Waals surface area contributed by atoms with Gasteiger partial charge in [0.25, 0.3) is 0 Å². The van der Waals surface area contributed by atoms with E-state index in [0.717, 1.165) is 10.4 Å². The maximum absolute atomic E-state index is 13.7. The minimum Gasteiger partial charge on any atom is -0.480 e. The van der Waals surface area contributed by atoms with Crippen LogP contribution in [0, 0.1) is 5.82 Å². The molecule has 20 heavy (non-hydrogen) atoms. The average Bonchev–Trinajstić information content (AvgIpc) is 3.16. The molecule has 0 amide bonds. The van der Waals surface area contributed by atoms with E-state index in [1.165, 1.54) is 12.1 Å². The molecule has 0 atom stereocenters. The number of sulfonamides is 1. The summed E-state index contributed by atoms with van der Waals surface area (Å²) >= 11 is 5.85. The highest BCUT2D eigenvalue weighted by molar-refractivity contribution is 7.90. The van der Waals surface area contributed by atoms with Crippen LogP contribution >= 0.6 is 11.6 Å². The van der Waals surface area contributed by atoms with Crippen LogP contribution in [0.25, 0.3) is 0 Å². The molecule has 0 aromatic heterocycles. The molecule has 110 valence electrons. The Morgan fingerprint density at radius 3 is 2.60 bits per heavy atom. The zero-order valence-electron chi connectivity index (χ0n) is 10.4. The summed E-state index contributed by atoms with van der Waals surface area (Å²) in [4.78, 5) is 10.8. The van der Waals surface area contributed by atoms with Crippen LogP contribution in [0.3, 0.4) is 0 Å². The average molecular weight is 322 g/mol. The number of benzene rings is 1. The van der Waals surface area contributed by atoms with Gasteiger partial charge in [-0.25, -0.2) is 12.8 Å². The Hall–Kier alpha value is -1.18. The Morgan fingerprint density at radius 1 is 1.45 bits per heavy atom. The Labute approximate surface area is 121 Å². The number of hydrogen-bond donors (Lipinski definition) is 1. The van der Waals surface area contributed by atoms with Crippen molar-refractivity contribution in [1.82, 2.24) is 4.31 Å². The molecule has 1 aromatic rings. The predicted molar refractivity (Wildman–Crippen MR) is 71.4 cm³/mol. The molecule has 0 radical (unpaired) electrons. The molecule has 0 bridgehead atoms. The molecule has 1 saturated carbocycles. The predicted octanol–water partition coefficient (Wildman–Crippen LogP) is 1.86. The van der Waals surface area contributed by atoms with Crippen molar-refractivity contribution in [2.45, 2.75) is 24.6 Å². The summed E-state index contributed by atoms with van der Waals surface area (Å²) < 4.78 is 38.8. The fraction of sp³-hybridized carbons (Fsp3) is 0.417. The molecule has 1 N–H and O–H groups in total. The molecule has 0 saturated heterocycles. The van der Waals surface area contributed by atoms with Crippen molar-refractivity contribution in [2.75, 3.05) is 6.54 Å². The van der Waals surface area contributed by atoms with Gasteiger partial charge in [0.2, 0.25) is 10.0 Å². The first-order chi connectivity index (χ1) is 9.32. The molecule has 8 heteroatoms. The van der Waals surface area contributed by atoms with E-state index in [9.17, 15) is 17.6 Å². The lowest BCUT2D eigenvalue weighted by Crippen LogP contribution is -2.37. The van der Waals surface area contributed by atoms with Crippen molar-refractivity contribution in [3.63, 3.8) is 0 Å². The van der Waals surface area contributed by atoms with Crippen molar-refractivity contribution < 1.29 is 22.7 Å². The number of carboxylic acids is 1. The van der Waals surface area contributed by atoms with E-state index < -0.39 is 33.6 Å². The largest absolute Gasteiger partial charge is 0.480 e. The van der Waals surface area contributed by atoms with Crippen LogP contribution in [0.15, 0.2) is 18.2 Å². The zero-order valence-corrected chi connectivity index (χ0v) is 12.0. The van der Waals surface area contributed by atoms with Gasteiger partial charge in [-0.3, -0.25) is 4.79 Å². The first-order valence-electron chi connectivity index (χ1n) is 5.96. The van der Waals surface area contributed by atoms with Crippen molar-refractivity contribution >= 4 is 27.6 Å². The van der Waals surface area contributed by atoms with Crippen molar-refractivity contribution in [2.24, 2.45) is 0 Å². The molecular weight excluding hydrogens is 309 g/mol. The minimum absolute atomic E-state index is 0.0142. The summed E-state index contributed by atoms with van der Waals surface area (Å²) in [6, 6.07) is 3.99. The highest BCUT2D eigenvalue weighted by Crippen LogP contribution is 2.32. The molecule has 0 aliphatic heterocycles. The normalized spacial score (nSPS) is 15.6. The Balaban J connectivity index is 2.31. The fourth-order valence-corrected chi connectivity index (χ4v) is 3.80. The minimum atomic E-state index is -3.73. The number of carbonyl (C=O) groups is 1. The second kappa shape index (κ2) is 5.67. The van der Waals surface area contributed by atoms with E-state index in [1.54, 1.807) is 0 Å². The van der Waals surface area contributed by atoms with Gasteiger partial charge in [-0.1, -0.05) is 17.7 Å². The maximum Gasteiger partial charge on any atom is 0.318 e. The molecule has 1 fully saturated rings. The Bertz CT molecular complexity index is 610. The molecule has 1 aliphatic rings. The third kappa shape index (κ3) is 3.28. The molecule has 1 aromatic carbocycles. The SMILES string of the molecule is O=C(O)CN(Cc1c(F)cccc1Cl)S(=O)(=O)C1CC1. The first-order valence-corrected chi connectivity index (χ1v) is 7.84. The number of aliphatic carboxylic acids is 1. The van der Waals surface area contributed by atoms with Crippen molar-refractivity contribution in [3.05, 3.63) is 34.6 Å². The second-order valence-corrected chi connectivity index (χ2v) is 7.23. The van der Waals surface area contributed by atoms with Crippen LogP contribution in [0.4, 0.5) is 4.39 Å². The number of carboxylic acid groups (broad SMARTS) is 1.